The van der Waals surface area contributed by atoms with E-state index in [1.807, 2.05) is 60.2 Å². The third-order valence-electron chi connectivity index (χ3n) is 3.44. The van der Waals surface area contributed by atoms with E-state index in [-0.39, 0.29) is 5.97 Å². The van der Waals surface area contributed by atoms with Crippen LogP contribution in [0.5, 0.6) is 0 Å². The van der Waals surface area contributed by atoms with Gasteiger partial charge in [0, 0.05) is 43.7 Å². The minimum atomic E-state index is -0.273. The molecule has 0 atom stereocenters. The number of pyridine rings is 1. The molecule has 5 heteroatoms. The largest absolute Gasteiger partial charge is 0.461 e. The monoisotopic (exact) mass is 295 g/mol. The van der Waals surface area contributed by atoms with E-state index >= 15 is 0 Å². The van der Waals surface area contributed by atoms with Crippen LogP contribution in [0.25, 0.3) is 16.9 Å². The zero-order valence-corrected chi connectivity index (χ0v) is 12.5. The van der Waals surface area contributed by atoms with Crippen LogP contribution in [0.4, 0.5) is 5.69 Å². The van der Waals surface area contributed by atoms with E-state index in [9.17, 15) is 4.79 Å². The van der Waals surface area contributed by atoms with E-state index in [1.54, 1.807) is 0 Å². The van der Waals surface area contributed by atoms with E-state index in [2.05, 4.69) is 10.3 Å². The highest BCUT2D eigenvalue weighted by Gasteiger charge is 2.05. The second kappa shape index (κ2) is 5.89. The molecule has 2 heterocycles. The molecule has 1 N–H and O–H groups in total. The summed E-state index contributed by atoms with van der Waals surface area (Å²) in [4.78, 5) is 15.5. The highest BCUT2D eigenvalue weighted by atomic mass is 16.5. The number of anilines is 1. The summed E-state index contributed by atoms with van der Waals surface area (Å²) in [5.41, 5.74) is 4.82. The average Bonchev–Trinajstić information content (AvgIpc) is 2.96. The minimum absolute atomic E-state index is 0.273. The molecule has 2 aromatic heterocycles. The van der Waals surface area contributed by atoms with E-state index in [0.29, 0.717) is 6.61 Å². The summed E-state index contributed by atoms with van der Waals surface area (Å²) in [6.07, 6.45) is 3.97. The molecule has 112 valence electrons. The number of esters is 1. The summed E-state index contributed by atoms with van der Waals surface area (Å²) in [6.45, 7) is 1.71. The lowest BCUT2D eigenvalue weighted by molar-refractivity contribution is -0.142. The second-order valence-electron chi connectivity index (χ2n) is 5.03. The molecular formula is C17H17N3O2. The Morgan fingerprint density at radius 2 is 2.05 bits per heavy atom. The van der Waals surface area contributed by atoms with Gasteiger partial charge in [0.1, 0.15) is 12.3 Å². The number of benzene rings is 1. The Labute approximate surface area is 128 Å². The molecule has 0 aliphatic rings. The Morgan fingerprint density at radius 1 is 1.27 bits per heavy atom. The average molecular weight is 295 g/mol. The topological polar surface area (TPSA) is 55.6 Å². The van der Waals surface area contributed by atoms with Gasteiger partial charge in [-0.05, 0) is 11.6 Å². The van der Waals surface area contributed by atoms with Crippen LogP contribution >= 0.6 is 0 Å². The zero-order valence-electron chi connectivity index (χ0n) is 12.5. The van der Waals surface area contributed by atoms with Gasteiger partial charge in [0.25, 0.3) is 0 Å². The van der Waals surface area contributed by atoms with Crippen molar-refractivity contribution in [3.8, 4) is 11.3 Å². The third-order valence-corrected chi connectivity index (χ3v) is 3.44. The smallest absolute Gasteiger partial charge is 0.302 e. The zero-order chi connectivity index (χ0) is 15.5. The number of hydrogen-bond acceptors (Lipinski definition) is 4. The summed E-state index contributed by atoms with van der Waals surface area (Å²) < 4.78 is 6.97. The van der Waals surface area contributed by atoms with E-state index in [0.717, 1.165) is 28.2 Å². The normalized spacial score (nSPS) is 10.6. The van der Waals surface area contributed by atoms with Crippen LogP contribution in [0.15, 0.2) is 48.8 Å². The Bertz CT molecular complexity index is 806. The number of hydrogen-bond donors (Lipinski definition) is 1. The SMILES string of the molecule is CNc1ccn2cc(-c3ccc(COC(C)=O)cc3)nc2c1. The molecule has 0 radical (unpaired) electrons. The quantitative estimate of drug-likeness (QED) is 0.751. The molecule has 0 aliphatic heterocycles. The Balaban J connectivity index is 1.85. The number of nitrogens with one attached hydrogen (secondary N) is 1. The van der Waals surface area contributed by atoms with Gasteiger partial charge in [-0.2, -0.15) is 0 Å². The lowest BCUT2D eigenvalue weighted by atomic mass is 10.1. The van der Waals surface area contributed by atoms with Crippen LogP contribution in [-0.2, 0) is 16.1 Å². The van der Waals surface area contributed by atoms with Gasteiger partial charge in [-0.25, -0.2) is 4.98 Å². The second-order valence-corrected chi connectivity index (χ2v) is 5.03. The summed E-state index contributed by atoms with van der Waals surface area (Å²) in [5.74, 6) is -0.273. The summed E-state index contributed by atoms with van der Waals surface area (Å²) in [6, 6.07) is 11.9. The van der Waals surface area contributed by atoms with Gasteiger partial charge < -0.3 is 14.5 Å². The number of imidazole rings is 1. The third kappa shape index (κ3) is 2.93. The highest BCUT2D eigenvalue weighted by Crippen LogP contribution is 2.21. The predicted molar refractivity (Wildman–Crippen MR) is 85.6 cm³/mol. The molecule has 22 heavy (non-hydrogen) atoms. The van der Waals surface area contributed by atoms with Crippen molar-refractivity contribution in [1.82, 2.24) is 9.38 Å². The molecule has 5 nitrogen and oxygen atoms in total. The molecule has 0 fully saturated rings. The van der Waals surface area contributed by atoms with Crippen molar-refractivity contribution in [2.75, 3.05) is 12.4 Å². The van der Waals surface area contributed by atoms with Crippen LogP contribution in [0, 0.1) is 0 Å². The van der Waals surface area contributed by atoms with Crippen molar-refractivity contribution in [2.45, 2.75) is 13.5 Å². The fourth-order valence-electron chi connectivity index (χ4n) is 2.23. The number of fused-ring (bicyclic) bond motifs is 1. The van der Waals surface area contributed by atoms with Gasteiger partial charge in [-0.3, -0.25) is 4.79 Å². The van der Waals surface area contributed by atoms with E-state index < -0.39 is 0 Å². The van der Waals surface area contributed by atoms with Crippen molar-refractivity contribution < 1.29 is 9.53 Å². The highest BCUT2D eigenvalue weighted by molar-refractivity contribution is 5.66. The summed E-state index contributed by atoms with van der Waals surface area (Å²) >= 11 is 0. The van der Waals surface area contributed by atoms with E-state index in [1.165, 1.54) is 6.92 Å². The van der Waals surface area contributed by atoms with Gasteiger partial charge in [0.15, 0.2) is 0 Å². The van der Waals surface area contributed by atoms with Gasteiger partial charge >= 0.3 is 5.97 Å². The van der Waals surface area contributed by atoms with Crippen molar-refractivity contribution in [1.29, 1.82) is 0 Å². The molecule has 1 aromatic carbocycles. The number of carbonyl (C=O) groups is 1. The van der Waals surface area contributed by atoms with Crippen molar-refractivity contribution in [3.63, 3.8) is 0 Å². The van der Waals surface area contributed by atoms with Gasteiger partial charge in [0.05, 0.1) is 5.69 Å². The van der Waals surface area contributed by atoms with Crippen LogP contribution in [-0.4, -0.2) is 22.4 Å². The van der Waals surface area contributed by atoms with Gasteiger partial charge in [-0.15, -0.1) is 0 Å². The Kier molecular flexibility index (Phi) is 3.78. The molecule has 0 saturated carbocycles. The predicted octanol–water partition coefficient (Wildman–Crippen LogP) is 3.11. The first-order valence-corrected chi connectivity index (χ1v) is 7.05. The van der Waals surface area contributed by atoms with Crippen molar-refractivity contribution in [3.05, 3.63) is 54.4 Å². The maximum absolute atomic E-state index is 10.8. The van der Waals surface area contributed by atoms with Crippen LogP contribution in [0.1, 0.15) is 12.5 Å². The molecule has 0 unspecified atom stereocenters. The van der Waals surface area contributed by atoms with Crippen molar-refractivity contribution in [2.24, 2.45) is 0 Å². The fraction of sp³-hybridized carbons (Fsp3) is 0.176. The molecule has 0 spiro atoms. The fourth-order valence-corrected chi connectivity index (χ4v) is 2.23. The van der Waals surface area contributed by atoms with Gasteiger partial charge in [0.2, 0.25) is 0 Å². The van der Waals surface area contributed by atoms with Crippen LogP contribution < -0.4 is 5.32 Å². The standard InChI is InChI=1S/C17H17N3O2/c1-12(21)22-11-13-3-5-14(6-4-13)16-10-20-8-7-15(18-2)9-17(20)19-16/h3-10,18H,11H2,1-2H3. The van der Waals surface area contributed by atoms with Crippen LogP contribution in [0.3, 0.4) is 0 Å². The maximum atomic E-state index is 10.8. The first-order chi connectivity index (χ1) is 10.7. The molecule has 3 aromatic rings. The molecular weight excluding hydrogens is 278 g/mol. The molecule has 0 bridgehead atoms. The van der Waals surface area contributed by atoms with Crippen molar-refractivity contribution >= 4 is 17.3 Å². The maximum Gasteiger partial charge on any atom is 0.302 e. The molecule has 0 saturated heterocycles. The molecule has 3 rings (SSSR count). The first-order valence-electron chi connectivity index (χ1n) is 7.05. The molecule has 0 amide bonds. The lowest BCUT2D eigenvalue weighted by Crippen LogP contribution is -1.98. The number of nitrogens with zero attached hydrogens (tertiary/aromatic N) is 2. The lowest BCUT2D eigenvalue weighted by Gasteiger charge is -2.02. The Hall–Kier alpha value is -2.82. The number of rotatable bonds is 4. The summed E-state index contributed by atoms with van der Waals surface area (Å²) in [7, 11) is 1.89. The molecule has 0 aliphatic carbocycles. The Morgan fingerprint density at radius 3 is 2.73 bits per heavy atom. The van der Waals surface area contributed by atoms with Crippen LogP contribution in [0.2, 0.25) is 0 Å². The summed E-state index contributed by atoms with van der Waals surface area (Å²) in [5, 5.41) is 3.10. The number of ether oxygens (including phenoxy) is 1. The number of aromatic nitrogens is 2. The van der Waals surface area contributed by atoms with E-state index in [4.69, 9.17) is 4.74 Å². The number of carbonyl (C=O) groups excluding carboxylic acids is 1. The van der Waals surface area contributed by atoms with Gasteiger partial charge in [-0.1, -0.05) is 24.3 Å². The minimum Gasteiger partial charge on any atom is -0.461 e. The first kappa shape index (κ1) is 14.1.